The molecule has 5 rings (SSSR count). The summed E-state index contributed by atoms with van der Waals surface area (Å²) in [7, 11) is 0. The van der Waals surface area contributed by atoms with Gasteiger partial charge in [-0.25, -0.2) is 4.68 Å². The Kier molecular flexibility index (Phi) is 4.96. The zero-order chi connectivity index (χ0) is 21.2. The Balaban J connectivity index is 1.23. The van der Waals surface area contributed by atoms with E-state index in [1.807, 2.05) is 30.3 Å². The maximum atomic E-state index is 12.5. The lowest BCUT2D eigenvalue weighted by molar-refractivity contribution is -0.122. The van der Waals surface area contributed by atoms with Gasteiger partial charge in [-0.15, -0.1) is 0 Å². The first-order chi connectivity index (χ1) is 15.2. The summed E-state index contributed by atoms with van der Waals surface area (Å²) in [6.07, 6.45) is 2.55. The topological polar surface area (TPSA) is 73.2 Å². The Hall–Kier alpha value is -3.93. The van der Waals surface area contributed by atoms with E-state index in [9.17, 15) is 9.59 Å². The molecule has 4 aromatic rings. The number of nitrogens with one attached hydrogen (secondary N) is 1. The molecule has 0 unspecified atom stereocenters. The van der Waals surface area contributed by atoms with Crippen LogP contribution in [0, 0.1) is 0 Å². The number of benzene rings is 3. The highest BCUT2D eigenvalue weighted by Crippen LogP contribution is 2.30. The minimum absolute atomic E-state index is 0.112. The molecule has 0 saturated carbocycles. The zero-order valence-corrected chi connectivity index (χ0v) is 16.9. The van der Waals surface area contributed by atoms with Gasteiger partial charge in [-0.05, 0) is 40.5 Å². The molecule has 0 fully saturated rings. The number of rotatable bonds is 5. The molecular formula is C25H21N3O3. The van der Waals surface area contributed by atoms with Crippen molar-refractivity contribution in [2.75, 3.05) is 6.61 Å². The van der Waals surface area contributed by atoms with Crippen LogP contribution in [0.15, 0.2) is 77.7 Å². The van der Waals surface area contributed by atoms with E-state index >= 15 is 0 Å². The van der Waals surface area contributed by atoms with E-state index in [0.29, 0.717) is 11.9 Å². The van der Waals surface area contributed by atoms with Crippen molar-refractivity contribution >= 4 is 16.7 Å². The molecule has 154 valence electrons. The predicted molar refractivity (Wildman–Crippen MR) is 119 cm³/mol. The molecule has 2 heterocycles. The fourth-order valence-electron chi connectivity index (χ4n) is 3.81. The van der Waals surface area contributed by atoms with Crippen LogP contribution in [0.3, 0.4) is 0 Å². The zero-order valence-electron chi connectivity index (χ0n) is 16.9. The molecule has 1 aromatic heterocycles. The number of hydrogen-bond donors (Lipinski definition) is 1. The molecule has 1 aliphatic rings. The average Bonchev–Trinajstić information content (AvgIpc) is 3.28. The van der Waals surface area contributed by atoms with Crippen LogP contribution in [0.5, 0.6) is 5.75 Å². The van der Waals surface area contributed by atoms with Gasteiger partial charge in [-0.3, -0.25) is 9.59 Å². The molecule has 6 heteroatoms. The number of fused-ring (bicyclic) bond motifs is 2. The molecule has 6 nitrogen and oxygen atoms in total. The second kappa shape index (κ2) is 8.07. The van der Waals surface area contributed by atoms with E-state index in [1.54, 1.807) is 18.3 Å². The highest BCUT2D eigenvalue weighted by molar-refractivity contribution is 5.81. The van der Waals surface area contributed by atoms with Gasteiger partial charge in [0.25, 0.3) is 5.56 Å². The van der Waals surface area contributed by atoms with Gasteiger partial charge in [0.15, 0.2) is 0 Å². The van der Waals surface area contributed by atoms with Crippen molar-refractivity contribution in [3.05, 3.63) is 94.4 Å². The molecule has 0 spiro atoms. The molecule has 1 N–H and O–H groups in total. The minimum Gasteiger partial charge on any atom is -0.493 e. The molecule has 0 saturated heterocycles. The van der Waals surface area contributed by atoms with Gasteiger partial charge in [0.1, 0.15) is 12.3 Å². The minimum atomic E-state index is -0.266. The summed E-state index contributed by atoms with van der Waals surface area (Å²) < 4.78 is 6.76. The van der Waals surface area contributed by atoms with Crippen LogP contribution in [0.25, 0.3) is 21.9 Å². The summed E-state index contributed by atoms with van der Waals surface area (Å²) >= 11 is 0. The molecule has 0 bridgehead atoms. The molecule has 1 amide bonds. The van der Waals surface area contributed by atoms with Crippen molar-refractivity contribution in [3.8, 4) is 16.9 Å². The Bertz CT molecular complexity index is 1330. The summed E-state index contributed by atoms with van der Waals surface area (Å²) in [4.78, 5) is 24.8. The Morgan fingerprint density at radius 2 is 1.84 bits per heavy atom. The van der Waals surface area contributed by atoms with Crippen LogP contribution in [0.2, 0.25) is 0 Å². The number of carbonyl (C=O) groups is 1. The number of aromatic nitrogens is 2. The predicted octanol–water partition coefficient (Wildman–Crippen LogP) is 3.31. The number of nitrogens with zero attached hydrogens (tertiary/aromatic N) is 2. The third-order valence-corrected chi connectivity index (χ3v) is 5.52. The van der Waals surface area contributed by atoms with Crippen LogP contribution in [-0.2, 0) is 24.3 Å². The highest BCUT2D eigenvalue weighted by atomic mass is 16.5. The maximum Gasteiger partial charge on any atom is 0.275 e. The number of amides is 1. The Morgan fingerprint density at radius 3 is 2.71 bits per heavy atom. The van der Waals surface area contributed by atoms with E-state index in [1.165, 1.54) is 10.2 Å². The number of ether oxygens (including phenoxy) is 1. The average molecular weight is 411 g/mol. The first-order valence-electron chi connectivity index (χ1n) is 10.2. The van der Waals surface area contributed by atoms with Gasteiger partial charge >= 0.3 is 0 Å². The molecule has 0 atom stereocenters. The Morgan fingerprint density at radius 1 is 1.03 bits per heavy atom. The van der Waals surface area contributed by atoms with Gasteiger partial charge < -0.3 is 10.1 Å². The maximum absolute atomic E-state index is 12.5. The monoisotopic (exact) mass is 411 g/mol. The molecule has 3 aromatic carbocycles. The first kappa shape index (κ1) is 19.1. The fraction of sp³-hybridized carbons (Fsp3) is 0.160. The quantitative estimate of drug-likeness (QED) is 0.547. The van der Waals surface area contributed by atoms with Crippen LogP contribution in [-0.4, -0.2) is 22.3 Å². The molecule has 0 aliphatic carbocycles. The lowest BCUT2D eigenvalue weighted by atomic mass is 10.0. The fourth-order valence-corrected chi connectivity index (χ4v) is 3.81. The van der Waals surface area contributed by atoms with Gasteiger partial charge in [0.05, 0.1) is 18.2 Å². The normalized spacial score (nSPS) is 12.4. The third-order valence-electron chi connectivity index (χ3n) is 5.52. The lowest BCUT2D eigenvalue weighted by Crippen LogP contribution is -2.33. The first-order valence-corrected chi connectivity index (χ1v) is 10.2. The standard InChI is InChI=1S/C25H21N3O3/c29-24(16-28-25(30)22-4-2-1-3-21(22)15-27-28)26-14-17-5-7-18(8-6-17)19-9-10-23-20(13-19)11-12-31-23/h1-10,13,15H,11-12,14,16H2,(H,26,29). The van der Waals surface area contributed by atoms with E-state index in [-0.39, 0.29) is 18.0 Å². The smallest absolute Gasteiger partial charge is 0.275 e. The highest BCUT2D eigenvalue weighted by Gasteiger charge is 2.13. The van der Waals surface area contributed by atoms with Gasteiger partial charge in [-0.2, -0.15) is 5.10 Å². The second-order valence-electron chi connectivity index (χ2n) is 7.59. The lowest BCUT2D eigenvalue weighted by Gasteiger charge is -2.09. The van der Waals surface area contributed by atoms with Crippen LogP contribution < -0.4 is 15.6 Å². The van der Waals surface area contributed by atoms with Crippen molar-refractivity contribution in [2.45, 2.75) is 19.5 Å². The van der Waals surface area contributed by atoms with E-state index < -0.39 is 0 Å². The van der Waals surface area contributed by atoms with Crippen LogP contribution in [0.4, 0.5) is 0 Å². The van der Waals surface area contributed by atoms with Crippen LogP contribution >= 0.6 is 0 Å². The molecule has 31 heavy (non-hydrogen) atoms. The summed E-state index contributed by atoms with van der Waals surface area (Å²) in [6, 6.07) is 21.6. The van der Waals surface area contributed by atoms with Crippen molar-refractivity contribution in [3.63, 3.8) is 0 Å². The summed E-state index contributed by atoms with van der Waals surface area (Å²) in [6.45, 7) is 1.02. The third kappa shape index (κ3) is 3.92. The van der Waals surface area contributed by atoms with Crippen LogP contribution in [0.1, 0.15) is 11.1 Å². The van der Waals surface area contributed by atoms with Crippen molar-refractivity contribution in [1.29, 1.82) is 0 Å². The SMILES string of the molecule is O=C(Cn1ncc2ccccc2c1=O)NCc1ccc(-c2ccc3c(c2)CCO3)cc1. The van der Waals surface area contributed by atoms with Gasteiger partial charge in [0, 0.05) is 18.4 Å². The molecule has 0 radical (unpaired) electrons. The number of hydrogen-bond acceptors (Lipinski definition) is 4. The second-order valence-corrected chi connectivity index (χ2v) is 7.59. The van der Waals surface area contributed by atoms with Crippen molar-refractivity contribution in [2.24, 2.45) is 0 Å². The Labute approximate surface area is 179 Å². The summed E-state index contributed by atoms with van der Waals surface area (Å²) in [5.74, 6) is 0.718. The molecule has 1 aliphatic heterocycles. The van der Waals surface area contributed by atoms with E-state index in [2.05, 4.69) is 34.7 Å². The number of carbonyl (C=O) groups excluding carboxylic acids is 1. The summed E-state index contributed by atoms with van der Waals surface area (Å²) in [5.41, 5.74) is 4.24. The van der Waals surface area contributed by atoms with Crippen molar-refractivity contribution < 1.29 is 9.53 Å². The largest absolute Gasteiger partial charge is 0.493 e. The van der Waals surface area contributed by atoms with Gasteiger partial charge in [-0.1, -0.05) is 48.5 Å². The summed E-state index contributed by atoms with van der Waals surface area (Å²) in [5, 5.41) is 8.29. The van der Waals surface area contributed by atoms with Gasteiger partial charge in [0.2, 0.25) is 5.91 Å². The van der Waals surface area contributed by atoms with Crippen molar-refractivity contribution in [1.82, 2.24) is 15.1 Å². The molecular weight excluding hydrogens is 390 g/mol. The van der Waals surface area contributed by atoms with E-state index in [0.717, 1.165) is 40.9 Å². The van der Waals surface area contributed by atoms with E-state index in [4.69, 9.17) is 4.74 Å².